The molecule has 0 bridgehead atoms. The van der Waals surface area contributed by atoms with Crippen molar-refractivity contribution in [1.82, 2.24) is 14.6 Å². The number of benzene rings is 1. The molecule has 2 aromatic heterocycles. The molecule has 6 nitrogen and oxygen atoms in total. The minimum Gasteiger partial charge on any atom is -0.452 e. The number of aromatic amines is 1. The van der Waals surface area contributed by atoms with Crippen LogP contribution in [0.1, 0.15) is 29.1 Å². The molecule has 21 heavy (non-hydrogen) atoms. The Labute approximate surface area is 123 Å². The molecule has 0 amide bonds. The van der Waals surface area contributed by atoms with E-state index >= 15 is 0 Å². The Morgan fingerprint density at radius 2 is 2.19 bits per heavy atom. The summed E-state index contributed by atoms with van der Waals surface area (Å²) in [7, 11) is 0. The first-order valence-electron chi connectivity index (χ1n) is 6.25. The topological polar surface area (TPSA) is 84.9 Å². The molecule has 1 aromatic carbocycles. The molecule has 0 fully saturated rings. The van der Waals surface area contributed by atoms with E-state index in [0.29, 0.717) is 11.2 Å². The fourth-order valence-electron chi connectivity index (χ4n) is 1.93. The number of H-pyrrole nitrogens is 1. The Hall–Kier alpha value is -2.54. The molecule has 7 heteroatoms. The van der Waals surface area contributed by atoms with Crippen molar-refractivity contribution in [3.8, 4) is 0 Å². The van der Waals surface area contributed by atoms with Gasteiger partial charge in [-0.1, -0.05) is 22.7 Å². The fraction of sp³-hybridized carbons (Fsp3) is 0.143. The van der Waals surface area contributed by atoms with Gasteiger partial charge in [0.05, 0.1) is 0 Å². The summed E-state index contributed by atoms with van der Waals surface area (Å²) in [6.07, 6.45) is -0.554. The number of para-hydroxylation sites is 1. The van der Waals surface area contributed by atoms with Crippen LogP contribution in [0.15, 0.2) is 40.5 Å². The quantitative estimate of drug-likeness (QED) is 0.750. The largest absolute Gasteiger partial charge is 0.452 e. The highest BCUT2D eigenvalue weighted by Crippen LogP contribution is 2.17. The molecule has 0 spiro atoms. The standard InChI is InChI=1S/C14H11N3O3S/c1-8(12-7-21-17-16-12)20-14(19)10-6-9-4-2-3-5-11(9)15-13(10)18/h2-8H,1H3,(H,15,18). The lowest BCUT2D eigenvalue weighted by atomic mass is 10.1. The lowest BCUT2D eigenvalue weighted by molar-refractivity contribution is 0.0327. The second-order valence-corrected chi connectivity index (χ2v) is 5.09. The molecule has 0 saturated heterocycles. The van der Waals surface area contributed by atoms with Crippen LogP contribution >= 0.6 is 11.5 Å². The van der Waals surface area contributed by atoms with E-state index in [-0.39, 0.29) is 5.56 Å². The molecular formula is C14H11N3O3S. The number of carbonyl (C=O) groups excluding carboxylic acids is 1. The summed E-state index contributed by atoms with van der Waals surface area (Å²) in [4.78, 5) is 26.8. The molecule has 3 rings (SSSR count). The van der Waals surface area contributed by atoms with Crippen LogP contribution in [0.3, 0.4) is 0 Å². The van der Waals surface area contributed by atoms with E-state index in [2.05, 4.69) is 14.6 Å². The van der Waals surface area contributed by atoms with Crippen molar-refractivity contribution in [1.29, 1.82) is 0 Å². The molecule has 0 aliphatic rings. The first-order chi connectivity index (χ1) is 10.1. The van der Waals surface area contributed by atoms with Gasteiger partial charge in [0, 0.05) is 10.9 Å². The van der Waals surface area contributed by atoms with Crippen LogP contribution in [0.5, 0.6) is 0 Å². The van der Waals surface area contributed by atoms with Gasteiger partial charge in [-0.2, -0.15) is 0 Å². The SMILES string of the molecule is CC(OC(=O)c1cc2ccccc2[nH]c1=O)c1csnn1. The molecule has 1 atom stereocenters. The number of ether oxygens (including phenoxy) is 1. The average molecular weight is 301 g/mol. The predicted octanol–water partition coefficient (Wildman–Crippen LogP) is 2.30. The van der Waals surface area contributed by atoms with Gasteiger partial charge < -0.3 is 9.72 Å². The summed E-state index contributed by atoms with van der Waals surface area (Å²) in [5.41, 5.74) is 0.743. The summed E-state index contributed by atoms with van der Waals surface area (Å²) in [6, 6.07) is 8.76. The van der Waals surface area contributed by atoms with Crippen molar-refractivity contribution in [3.05, 3.63) is 57.3 Å². The van der Waals surface area contributed by atoms with Gasteiger partial charge in [-0.25, -0.2) is 4.79 Å². The lowest BCUT2D eigenvalue weighted by Crippen LogP contribution is -2.20. The number of hydrogen-bond donors (Lipinski definition) is 1. The number of fused-ring (bicyclic) bond motifs is 1. The average Bonchev–Trinajstić information content (AvgIpc) is 3.00. The molecule has 0 radical (unpaired) electrons. The Balaban J connectivity index is 1.91. The van der Waals surface area contributed by atoms with Crippen molar-refractivity contribution in [2.75, 3.05) is 0 Å². The number of pyridine rings is 1. The van der Waals surface area contributed by atoms with Gasteiger partial charge in [0.25, 0.3) is 5.56 Å². The minimum absolute atomic E-state index is 0.0243. The number of nitrogens with zero attached hydrogens (tertiary/aromatic N) is 2. The Bertz CT molecular complexity index is 842. The zero-order valence-corrected chi connectivity index (χ0v) is 11.9. The van der Waals surface area contributed by atoms with Gasteiger partial charge >= 0.3 is 5.97 Å². The van der Waals surface area contributed by atoms with Crippen LogP contribution in [-0.2, 0) is 4.74 Å². The first-order valence-corrected chi connectivity index (χ1v) is 7.09. The maximum absolute atomic E-state index is 12.1. The Morgan fingerprint density at radius 1 is 1.38 bits per heavy atom. The third-order valence-corrected chi connectivity index (χ3v) is 3.57. The van der Waals surface area contributed by atoms with Crippen LogP contribution in [0, 0.1) is 0 Å². The minimum atomic E-state index is -0.678. The number of hydrogen-bond acceptors (Lipinski definition) is 6. The third-order valence-electron chi connectivity index (χ3n) is 3.05. The maximum atomic E-state index is 12.1. The van der Waals surface area contributed by atoms with Gasteiger partial charge in [0.15, 0.2) is 0 Å². The van der Waals surface area contributed by atoms with E-state index in [0.717, 1.165) is 5.39 Å². The van der Waals surface area contributed by atoms with E-state index in [1.54, 1.807) is 18.4 Å². The van der Waals surface area contributed by atoms with Crippen LogP contribution in [0.25, 0.3) is 10.9 Å². The Morgan fingerprint density at radius 3 is 2.95 bits per heavy atom. The van der Waals surface area contributed by atoms with E-state index in [1.807, 2.05) is 18.2 Å². The second-order valence-electron chi connectivity index (χ2n) is 4.48. The van der Waals surface area contributed by atoms with Crippen molar-refractivity contribution < 1.29 is 9.53 Å². The smallest absolute Gasteiger partial charge is 0.344 e. The maximum Gasteiger partial charge on any atom is 0.344 e. The van der Waals surface area contributed by atoms with Crippen molar-refractivity contribution in [2.45, 2.75) is 13.0 Å². The lowest BCUT2D eigenvalue weighted by Gasteiger charge is -2.10. The number of esters is 1. The van der Waals surface area contributed by atoms with E-state index in [1.165, 1.54) is 17.6 Å². The van der Waals surface area contributed by atoms with E-state index < -0.39 is 17.6 Å². The molecule has 1 N–H and O–H groups in total. The summed E-state index contributed by atoms with van der Waals surface area (Å²) in [5, 5.41) is 6.31. The summed E-state index contributed by atoms with van der Waals surface area (Å²) < 4.78 is 8.97. The van der Waals surface area contributed by atoms with Crippen LogP contribution in [0.2, 0.25) is 0 Å². The summed E-state index contributed by atoms with van der Waals surface area (Å²) >= 11 is 1.18. The molecule has 2 heterocycles. The van der Waals surface area contributed by atoms with Crippen LogP contribution in [0.4, 0.5) is 0 Å². The number of rotatable bonds is 3. The van der Waals surface area contributed by atoms with E-state index in [4.69, 9.17) is 4.74 Å². The zero-order valence-electron chi connectivity index (χ0n) is 11.1. The summed E-state index contributed by atoms with van der Waals surface area (Å²) in [5.74, 6) is -0.678. The normalized spacial score (nSPS) is 12.2. The third kappa shape index (κ3) is 2.68. The van der Waals surface area contributed by atoms with Crippen molar-refractivity contribution >= 4 is 28.4 Å². The highest BCUT2D eigenvalue weighted by Gasteiger charge is 2.18. The molecular weight excluding hydrogens is 290 g/mol. The van der Waals surface area contributed by atoms with Gasteiger partial charge in [-0.05, 0) is 36.0 Å². The molecule has 0 aliphatic heterocycles. The molecule has 3 aromatic rings. The molecule has 0 saturated carbocycles. The van der Waals surface area contributed by atoms with Crippen LogP contribution < -0.4 is 5.56 Å². The van der Waals surface area contributed by atoms with Gasteiger partial charge in [0.2, 0.25) is 0 Å². The Kier molecular flexibility index (Phi) is 3.49. The van der Waals surface area contributed by atoms with Crippen molar-refractivity contribution in [3.63, 3.8) is 0 Å². The molecule has 1 unspecified atom stereocenters. The van der Waals surface area contributed by atoms with Gasteiger partial charge in [0.1, 0.15) is 17.4 Å². The molecule has 106 valence electrons. The molecule has 0 aliphatic carbocycles. The second kappa shape index (κ2) is 5.45. The number of aromatic nitrogens is 3. The van der Waals surface area contributed by atoms with Crippen molar-refractivity contribution in [2.24, 2.45) is 0 Å². The highest BCUT2D eigenvalue weighted by molar-refractivity contribution is 7.03. The predicted molar refractivity (Wildman–Crippen MR) is 78.3 cm³/mol. The number of carbonyl (C=O) groups is 1. The van der Waals surface area contributed by atoms with Gasteiger partial charge in [-0.3, -0.25) is 4.79 Å². The summed E-state index contributed by atoms with van der Waals surface area (Å²) in [6.45, 7) is 1.68. The number of nitrogens with one attached hydrogen (secondary N) is 1. The fourth-order valence-corrected chi connectivity index (χ4v) is 2.47. The monoisotopic (exact) mass is 301 g/mol. The van der Waals surface area contributed by atoms with Gasteiger partial charge in [-0.15, -0.1) is 5.10 Å². The first kappa shape index (κ1) is 13.4. The van der Waals surface area contributed by atoms with E-state index in [9.17, 15) is 9.59 Å². The van der Waals surface area contributed by atoms with Crippen LogP contribution in [-0.4, -0.2) is 20.5 Å². The highest BCUT2D eigenvalue weighted by atomic mass is 32.1. The zero-order chi connectivity index (χ0) is 14.8.